The second-order valence-corrected chi connectivity index (χ2v) is 3.98. The van der Waals surface area contributed by atoms with Crippen LogP contribution in [0.15, 0.2) is 12.4 Å². The van der Waals surface area contributed by atoms with Gasteiger partial charge in [-0.2, -0.15) is 5.10 Å². The van der Waals surface area contributed by atoms with Gasteiger partial charge in [-0.1, -0.05) is 11.6 Å². The Labute approximate surface area is 98.3 Å². The first kappa shape index (κ1) is 11.2. The molecule has 0 aliphatic carbocycles. The molecule has 0 spiro atoms. The number of halogens is 1. The first-order chi connectivity index (χ1) is 7.63. The molecule has 0 unspecified atom stereocenters. The predicted molar refractivity (Wildman–Crippen MR) is 60.2 cm³/mol. The van der Waals surface area contributed by atoms with E-state index in [-0.39, 0.29) is 6.61 Å². The summed E-state index contributed by atoms with van der Waals surface area (Å²) in [6.45, 7) is 2.35. The minimum atomic E-state index is -0.0819. The number of rotatable bonds is 3. The van der Waals surface area contributed by atoms with Gasteiger partial charge in [0.2, 0.25) is 0 Å². The maximum absolute atomic E-state index is 9.09. The Hall–Kier alpha value is -1.33. The van der Waals surface area contributed by atoms with Crippen molar-refractivity contribution in [1.82, 2.24) is 19.3 Å². The number of hydrogen-bond acceptors (Lipinski definition) is 3. The molecule has 2 rings (SSSR count). The summed E-state index contributed by atoms with van der Waals surface area (Å²) in [5.74, 6) is 0.620. The smallest absolute Gasteiger partial charge is 0.134 e. The lowest BCUT2D eigenvalue weighted by atomic mass is 10.3. The third-order valence-electron chi connectivity index (χ3n) is 2.52. The Balaban J connectivity index is 2.34. The van der Waals surface area contributed by atoms with Crippen LogP contribution in [-0.4, -0.2) is 24.4 Å². The maximum Gasteiger partial charge on any atom is 0.134 e. The van der Waals surface area contributed by atoms with Gasteiger partial charge in [-0.25, -0.2) is 4.98 Å². The van der Waals surface area contributed by atoms with E-state index in [0.717, 1.165) is 11.4 Å². The first-order valence-electron chi connectivity index (χ1n) is 4.92. The molecule has 2 aromatic rings. The van der Waals surface area contributed by atoms with Gasteiger partial charge >= 0.3 is 0 Å². The van der Waals surface area contributed by atoms with Crippen molar-refractivity contribution in [2.45, 2.75) is 20.1 Å². The molecule has 0 aliphatic rings. The van der Waals surface area contributed by atoms with Crippen molar-refractivity contribution < 1.29 is 5.11 Å². The van der Waals surface area contributed by atoms with Crippen LogP contribution in [0, 0.1) is 6.92 Å². The second-order valence-electron chi connectivity index (χ2n) is 3.60. The number of aliphatic hydroxyl groups is 1. The molecule has 0 amide bonds. The molecule has 0 saturated carbocycles. The van der Waals surface area contributed by atoms with Gasteiger partial charge in [0.1, 0.15) is 12.4 Å². The molecule has 0 radical (unpaired) electrons. The van der Waals surface area contributed by atoms with Crippen molar-refractivity contribution in [3.8, 4) is 0 Å². The quantitative estimate of drug-likeness (QED) is 0.875. The summed E-state index contributed by atoms with van der Waals surface area (Å²) in [7, 11) is 1.85. The normalized spacial score (nSPS) is 11.0. The van der Waals surface area contributed by atoms with Crippen molar-refractivity contribution in [3.63, 3.8) is 0 Å². The van der Waals surface area contributed by atoms with Gasteiger partial charge in [0.05, 0.1) is 23.0 Å². The summed E-state index contributed by atoms with van der Waals surface area (Å²) in [5, 5.41) is 14.0. The number of aryl methyl sites for hydroxylation is 2. The van der Waals surface area contributed by atoms with Crippen LogP contribution < -0.4 is 0 Å². The van der Waals surface area contributed by atoms with Gasteiger partial charge < -0.3 is 9.67 Å². The van der Waals surface area contributed by atoms with Crippen molar-refractivity contribution >= 4 is 11.6 Å². The standard InChI is InChI=1S/C10H13ClN4O/c1-7-10(11)8(14(2)13-7)5-15-4-3-12-9(15)6-16/h3-4,16H,5-6H2,1-2H3. The van der Waals surface area contributed by atoms with Gasteiger partial charge in [-0.05, 0) is 6.92 Å². The van der Waals surface area contributed by atoms with E-state index in [0.29, 0.717) is 17.4 Å². The Bertz CT molecular complexity index is 503. The highest BCUT2D eigenvalue weighted by Crippen LogP contribution is 2.20. The molecule has 0 fully saturated rings. The van der Waals surface area contributed by atoms with Crippen molar-refractivity contribution in [2.24, 2.45) is 7.05 Å². The van der Waals surface area contributed by atoms with Crippen LogP contribution in [0.3, 0.4) is 0 Å². The van der Waals surface area contributed by atoms with E-state index in [2.05, 4.69) is 10.1 Å². The number of aromatic nitrogens is 4. The Morgan fingerprint density at radius 2 is 2.25 bits per heavy atom. The number of imidazole rings is 1. The molecule has 1 N–H and O–H groups in total. The Kier molecular flexibility index (Phi) is 2.98. The van der Waals surface area contributed by atoms with Crippen LogP contribution in [0.5, 0.6) is 0 Å². The predicted octanol–water partition coefficient (Wildman–Crippen LogP) is 1.12. The molecule has 86 valence electrons. The minimum absolute atomic E-state index is 0.0819. The fourth-order valence-electron chi connectivity index (χ4n) is 1.65. The van der Waals surface area contributed by atoms with E-state index < -0.39 is 0 Å². The van der Waals surface area contributed by atoms with Crippen LogP contribution in [-0.2, 0) is 20.2 Å². The lowest BCUT2D eigenvalue weighted by Crippen LogP contribution is -2.08. The molecule has 0 aromatic carbocycles. The lowest BCUT2D eigenvalue weighted by Gasteiger charge is -2.06. The fourth-order valence-corrected chi connectivity index (χ4v) is 1.87. The third-order valence-corrected chi connectivity index (χ3v) is 3.02. The number of aliphatic hydroxyl groups excluding tert-OH is 1. The molecule has 0 bridgehead atoms. The fraction of sp³-hybridized carbons (Fsp3) is 0.400. The molecule has 5 nitrogen and oxygen atoms in total. The van der Waals surface area contributed by atoms with Crippen LogP contribution in [0.2, 0.25) is 5.02 Å². The van der Waals surface area contributed by atoms with Gasteiger partial charge in [0.15, 0.2) is 0 Å². The Morgan fingerprint density at radius 1 is 1.50 bits per heavy atom. The Morgan fingerprint density at radius 3 is 2.81 bits per heavy atom. The van der Waals surface area contributed by atoms with Crippen LogP contribution in [0.25, 0.3) is 0 Å². The zero-order chi connectivity index (χ0) is 11.7. The van der Waals surface area contributed by atoms with Crippen molar-refractivity contribution in [2.75, 3.05) is 0 Å². The third kappa shape index (κ3) is 1.83. The monoisotopic (exact) mass is 240 g/mol. The highest BCUT2D eigenvalue weighted by Gasteiger charge is 2.12. The van der Waals surface area contributed by atoms with E-state index in [4.69, 9.17) is 16.7 Å². The SMILES string of the molecule is Cc1nn(C)c(Cn2ccnc2CO)c1Cl. The van der Waals surface area contributed by atoms with Gasteiger partial charge in [-0.3, -0.25) is 4.68 Å². The zero-order valence-electron chi connectivity index (χ0n) is 9.18. The maximum atomic E-state index is 9.09. The first-order valence-corrected chi connectivity index (χ1v) is 5.30. The summed E-state index contributed by atoms with van der Waals surface area (Å²) in [6.07, 6.45) is 3.47. The molecule has 0 saturated heterocycles. The lowest BCUT2D eigenvalue weighted by molar-refractivity contribution is 0.266. The van der Waals surface area contributed by atoms with E-state index >= 15 is 0 Å². The van der Waals surface area contributed by atoms with E-state index in [1.54, 1.807) is 10.9 Å². The van der Waals surface area contributed by atoms with Gasteiger partial charge in [0.25, 0.3) is 0 Å². The molecule has 16 heavy (non-hydrogen) atoms. The van der Waals surface area contributed by atoms with Crippen molar-refractivity contribution in [1.29, 1.82) is 0 Å². The summed E-state index contributed by atoms with van der Waals surface area (Å²) in [5.41, 5.74) is 1.72. The minimum Gasteiger partial charge on any atom is -0.388 e. The summed E-state index contributed by atoms with van der Waals surface area (Å²) in [6, 6.07) is 0. The summed E-state index contributed by atoms with van der Waals surface area (Å²) >= 11 is 6.15. The topological polar surface area (TPSA) is 55.9 Å². The summed E-state index contributed by atoms with van der Waals surface area (Å²) in [4.78, 5) is 4.04. The van der Waals surface area contributed by atoms with Gasteiger partial charge in [-0.15, -0.1) is 0 Å². The van der Waals surface area contributed by atoms with Crippen LogP contribution in [0.4, 0.5) is 0 Å². The van der Waals surface area contributed by atoms with Crippen LogP contribution in [0.1, 0.15) is 17.2 Å². The van der Waals surface area contributed by atoms with Crippen molar-refractivity contribution in [3.05, 3.63) is 34.6 Å². The zero-order valence-corrected chi connectivity index (χ0v) is 9.94. The number of nitrogens with zero attached hydrogens (tertiary/aromatic N) is 4. The molecular weight excluding hydrogens is 228 g/mol. The molecule has 2 aromatic heterocycles. The summed E-state index contributed by atoms with van der Waals surface area (Å²) < 4.78 is 3.60. The second kappa shape index (κ2) is 4.27. The molecule has 0 aliphatic heterocycles. The average Bonchev–Trinajstić information content (AvgIpc) is 2.79. The molecular formula is C10H13ClN4O. The highest BCUT2D eigenvalue weighted by atomic mass is 35.5. The van der Waals surface area contributed by atoms with Gasteiger partial charge in [0, 0.05) is 19.4 Å². The van der Waals surface area contributed by atoms with Crippen LogP contribution >= 0.6 is 11.6 Å². The number of hydrogen-bond donors (Lipinski definition) is 1. The molecule has 0 atom stereocenters. The van der Waals surface area contributed by atoms with E-state index in [1.807, 2.05) is 24.7 Å². The molecule has 2 heterocycles. The van der Waals surface area contributed by atoms with E-state index in [1.165, 1.54) is 0 Å². The highest BCUT2D eigenvalue weighted by molar-refractivity contribution is 6.31. The largest absolute Gasteiger partial charge is 0.388 e. The van der Waals surface area contributed by atoms with E-state index in [9.17, 15) is 0 Å². The molecule has 6 heteroatoms. The average molecular weight is 241 g/mol.